The maximum absolute atomic E-state index is 9.47. The molecule has 1 saturated heterocycles. The molecule has 100 valence electrons. The van der Waals surface area contributed by atoms with E-state index in [1.165, 1.54) is 0 Å². The molecule has 1 atom stereocenters. The second-order valence-corrected chi connectivity index (χ2v) is 5.03. The number of nitrogens with one attached hydrogen (secondary N) is 1. The first kappa shape index (κ1) is 13.5. The Morgan fingerprint density at radius 1 is 1.28 bits per heavy atom. The van der Waals surface area contributed by atoms with E-state index in [-0.39, 0.29) is 18.7 Å². The number of aliphatic hydroxyl groups excluding tert-OH is 1. The van der Waals surface area contributed by atoms with Gasteiger partial charge in [-0.05, 0) is 19.4 Å². The van der Waals surface area contributed by atoms with Gasteiger partial charge in [-0.1, -0.05) is 30.3 Å². The minimum absolute atomic E-state index is 0.0594. The summed E-state index contributed by atoms with van der Waals surface area (Å²) >= 11 is 0. The molecule has 0 bridgehead atoms. The minimum Gasteiger partial charge on any atom is -0.394 e. The van der Waals surface area contributed by atoms with Crippen molar-refractivity contribution in [3.63, 3.8) is 0 Å². The lowest BCUT2D eigenvalue weighted by atomic mass is 10.1. The lowest BCUT2D eigenvalue weighted by Gasteiger charge is -2.36. The van der Waals surface area contributed by atoms with Crippen LogP contribution in [0.2, 0.25) is 0 Å². The van der Waals surface area contributed by atoms with Crippen molar-refractivity contribution in [2.45, 2.75) is 31.7 Å². The Hall–Kier alpha value is -0.940. The maximum atomic E-state index is 9.47. The fraction of sp³-hybridized carbons (Fsp3) is 0.571. The molecule has 0 aliphatic carbocycles. The van der Waals surface area contributed by atoms with Gasteiger partial charge in [0.15, 0.2) is 5.79 Å². The Bertz CT molecular complexity index is 357. The van der Waals surface area contributed by atoms with E-state index in [0.29, 0.717) is 13.2 Å². The van der Waals surface area contributed by atoms with Crippen molar-refractivity contribution in [3.8, 4) is 0 Å². The summed E-state index contributed by atoms with van der Waals surface area (Å²) in [6.45, 7) is 5.06. The highest BCUT2D eigenvalue weighted by Gasteiger charge is 2.29. The van der Waals surface area contributed by atoms with E-state index in [9.17, 15) is 5.11 Å². The fourth-order valence-corrected chi connectivity index (χ4v) is 2.01. The summed E-state index contributed by atoms with van der Waals surface area (Å²) in [5.41, 5.74) is 1.07. The Kier molecular flexibility index (Phi) is 4.35. The predicted molar refractivity (Wildman–Crippen MR) is 69.2 cm³/mol. The van der Waals surface area contributed by atoms with Gasteiger partial charge in [0.2, 0.25) is 0 Å². The van der Waals surface area contributed by atoms with Crippen LogP contribution >= 0.6 is 0 Å². The molecule has 4 nitrogen and oxygen atoms in total. The predicted octanol–water partition coefficient (Wildman–Crippen LogP) is 1.46. The molecule has 2 rings (SSSR count). The van der Waals surface area contributed by atoms with E-state index in [2.05, 4.69) is 5.32 Å². The highest BCUT2D eigenvalue weighted by atomic mass is 16.7. The van der Waals surface area contributed by atoms with Crippen molar-refractivity contribution < 1.29 is 14.6 Å². The zero-order valence-electron chi connectivity index (χ0n) is 10.9. The lowest BCUT2D eigenvalue weighted by Crippen LogP contribution is -2.49. The third kappa shape index (κ3) is 3.53. The van der Waals surface area contributed by atoms with E-state index < -0.39 is 5.79 Å². The van der Waals surface area contributed by atoms with Crippen molar-refractivity contribution >= 4 is 0 Å². The number of hydrogen-bond donors (Lipinski definition) is 2. The highest BCUT2D eigenvalue weighted by Crippen LogP contribution is 2.19. The van der Waals surface area contributed by atoms with Crippen molar-refractivity contribution in [1.82, 2.24) is 5.32 Å². The van der Waals surface area contributed by atoms with Gasteiger partial charge in [0.05, 0.1) is 31.9 Å². The zero-order valence-corrected chi connectivity index (χ0v) is 10.9. The average molecular weight is 251 g/mol. The van der Waals surface area contributed by atoms with Crippen molar-refractivity contribution in [3.05, 3.63) is 35.9 Å². The quantitative estimate of drug-likeness (QED) is 0.850. The number of benzene rings is 1. The number of ether oxygens (including phenoxy) is 2. The minimum atomic E-state index is -0.500. The van der Waals surface area contributed by atoms with E-state index in [0.717, 1.165) is 5.56 Å². The van der Waals surface area contributed by atoms with Gasteiger partial charge in [0, 0.05) is 0 Å². The molecule has 1 fully saturated rings. The third-order valence-corrected chi connectivity index (χ3v) is 3.09. The highest BCUT2D eigenvalue weighted by molar-refractivity contribution is 5.19. The van der Waals surface area contributed by atoms with Crippen LogP contribution in [0, 0.1) is 0 Å². The summed E-state index contributed by atoms with van der Waals surface area (Å²) < 4.78 is 11.2. The molecule has 1 aromatic carbocycles. The molecule has 4 heteroatoms. The molecular weight excluding hydrogens is 230 g/mol. The summed E-state index contributed by atoms with van der Waals surface area (Å²) in [6.07, 6.45) is 0. The van der Waals surface area contributed by atoms with Crippen LogP contribution < -0.4 is 5.32 Å². The van der Waals surface area contributed by atoms with Crippen molar-refractivity contribution in [1.29, 1.82) is 0 Å². The molecule has 0 saturated carbocycles. The smallest absolute Gasteiger partial charge is 0.162 e. The van der Waals surface area contributed by atoms with E-state index in [1.54, 1.807) is 0 Å². The third-order valence-electron chi connectivity index (χ3n) is 3.09. The van der Waals surface area contributed by atoms with Crippen LogP contribution in [0.3, 0.4) is 0 Å². The molecule has 1 aliphatic heterocycles. The Morgan fingerprint density at radius 3 is 2.44 bits per heavy atom. The SMILES string of the molecule is CC1(C)OCC(NC(CO)c2ccccc2)CO1. The average Bonchev–Trinajstić information content (AvgIpc) is 2.39. The summed E-state index contributed by atoms with van der Waals surface area (Å²) in [7, 11) is 0. The van der Waals surface area contributed by atoms with Crippen LogP contribution in [0.15, 0.2) is 30.3 Å². The van der Waals surface area contributed by atoms with E-state index >= 15 is 0 Å². The molecular formula is C14H21NO3. The molecule has 18 heavy (non-hydrogen) atoms. The number of aliphatic hydroxyl groups is 1. The fourth-order valence-electron chi connectivity index (χ4n) is 2.01. The summed E-state index contributed by atoms with van der Waals surface area (Å²) in [6, 6.07) is 9.94. The molecule has 0 aromatic heterocycles. The number of rotatable bonds is 4. The van der Waals surface area contributed by atoms with Gasteiger partial charge in [-0.3, -0.25) is 0 Å². The first-order chi connectivity index (χ1) is 8.61. The Balaban J connectivity index is 1.92. The second-order valence-electron chi connectivity index (χ2n) is 5.03. The number of hydrogen-bond acceptors (Lipinski definition) is 4. The van der Waals surface area contributed by atoms with E-state index in [4.69, 9.17) is 9.47 Å². The van der Waals surface area contributed by atoms with Crippen LogP contribution in [-0.4, -0.2) is 36.8 Å². The Morgan fingerprint density at radius 2 is 1.89 bits per heavy atom. The van der Waals surface area contributed by atoms with Crippen LogP contribution in [-0.2, 0) is 9.47 Å². The van der Waals surface area contributed by atoms with Crippen molar-refractivity contribution in [2.75, 3.05) is 19.8 Å². The Labute approximate surface area is 108 Å². The molecule has 0 spiro atoms. The van der Waals surface area contributed by atoms with Gasteiger partial charge in [0.1, 0.15) is 0 Å². The molecule has 2 N–H and O–H groups in total. The zero-order chi connectivity index (χ0) is 13.0. The van der Waals surface area contributed by atoms with Crippen LogP contribution in [0.5, 0.6) is 0 Å². The molecule has 1 aromatic rings. The van der Waals surface area contributed by atoms with Crippen LogP contribution in [0.25, 0.3) is 0 Å². The summed E-state index contributed by atoms with van der Waals surface area (Å²) in [4.78, 5) is 0. The van der Waals surface area contributed by atoms with Gasteiger partial charge < -0.3 is 19.9 Å². The lowest BCUT2D eigenvalue weighted by molar-refractivity contribution is -0.253. The van der Waals surface area contributed by atoms with Gasteiger partial charge in [0.25, 0.3) is 0 Å². The first-order valence-corrected chi connectivity index (χ1v) is 6.30. The molecule has 1 heterocycles. The van der Waals surface area contributed by atoms with Crippen LogP contribution in [0.1, 0.15) is 25.5 Å². The maximum Gasteiger partial charge on any atom is 0.162 e. The standard InChI is InChI=1S/C14H21NO3/c1-14(2)17-9-12(10-18-14)15-13(8-16)11-6-4-3-5-7-11/h3-7,12-13,15-16H,8-10H2,1-2H3. The first-order valence-electron chi connectivity index (χ1n) is 6.30. The molecule has 1 aliphatic rings. The topological polar surface area (TPSA) is 50.7 Å². The van der Waals surface area contributed by atoms with Gasteiger partial charge in [-0.25, -0.2) is 0 Å². The van der Waals surface area contributed by atoms with Gasteiger partial charge in [-0.15, -0.1) is 0 Å². The van der Waals surface area contributed by atoms with Crippen molar-refractivity contribution in [2.24, 2.45) is 0 Å². The molecule has 0 amide bonds. The van der Waals surface area contributed by atoms with E-state index in [1.807, 2.05) is 44.2 Å². The summed E-state index contributed by atoms with van der Waals surface area (Å²) in [5, 5.41) is 12.8. The largest absolute Gasteiger partial charge is 0.394 e. The molecule has 0 radical (unpaired) electrons. The van der Waals surface area contributed by atoms with Gasteiger partial charge >= 0.3 is 0 Å². The second kappa shape index (κ2) is 5.80. The van der Waals surface area contributed by atoms with Gasteiger partial charge in [-0.2, -0.15) is 0 Å². The summed E-state index contributed by atoms with van der Waals surface area (Å²) in [5.74, 6) is -0.500. The monoisotopic (exact) mass is 251 g/mol. The molecule has 1 unspecified atom stereocenters. The normalized spacial score (nSPS) is 21.7. The van der Waals surface area contributed by atoms with Crippen LogP contribution in [0.4, 0.5) is 0 Å².